The Bertz CT molecular complexity index is 373. The Kier molecular flexibility index (Phi) is 4.09. The average molecular weight is 206 g/mol. The molecular formula is C10H11BO4. The minimum atomic E-state index is -1.50. The molecule has 0 aliphatic rings. The molecule has 0 aliphatic heterocycles. The van der Waals surface area contributed by atoms with Crippen LogP contribution < -0.4 is 5.46 Å². The fraction of sp³-hybridized carbons (Fsp3) is 0.100. The van der Waals surface area contributed by atoms with Crippen molar-refractivity contribution in [1.29, 1.82) is 0 Å². The van der Waals surface area contributed by atoms with Crippen molar-refractivity contribution in [1.82, 2.24) is 0 Å². The van der Waals surface area contributed by atoms with E-state index in [0.717, 1.165) is 0 Å². The second-order valence-corrected chi connectivity index (χ2v) is 2.90. The first-order chi connectivity index (χ1) is 7.13. The van der Waals surface area contributed by atoms with E-state index in [1.807, 2.05) is 0 Å². The third-order valence-electron chi connectivity index (χ3n) is 1.82. The number of hydrogen-bond acceptors (Lipinski definition) is 4. The highest BCUT2D eigenvalue weighted by Gasteiger charge is 2.09. The van der Waals surface area contributed by atoms with Crippen molar-refractivity contribution >= 4 is 24.6 Å². The Morgan fingerprint density at radius 3 is 2.80 bits per heavy atom. The molecule has 0 heterocycles. The summed E-state index contributed by atoms with van der Waals surface area (Å²) >= 11 is 0. The van der Waals surface area contributed by atoms with Gasteiger partial charge in [-0.25, -0.2) is 4.79 Å². The van der Waals surface area contributed by atoms with Crippen LogP contribution >= 0.6 is 0 Å². The molecule has 1 aromatic rings. The summed E-state index contributed by atoms with van der Waals surface area (Å²) in [7, 11) is -0.211. The smallest absolute Gasteiger partial charge is 0.466 e. The molecular weight excluding hydrogens is 195 g/mol. The second kappa shape index (κ2) is 5.33. The van der Waals surface area contributed by atoms with Gasteiger partial charge in [-0.2, -0.15) is 0 Å². The first-order valence-corrected chi connectivity index (χ1v) is 4.35. The summed E-state index contributed by atoms with van der Waals surface area (Å²) in [6, 6.07) is 6.57. The van der Waals surface area contributed by atoms with Crippen LogP contribution in [0.25, 0.3) is 6.08 Å². The van der Waals surface area contributed by atoms with E-state index < -0.39 is 13.1 Å². The van der Waals surface area contributed by atoms with E-state index in [0.29, 0.717) is 11.0 Å². The van der Waals surface area contributed by atoms with E-state index in [1.165, 1.54) is 19.3 Å². The third kappa shape index (κ3) is 3.57. The molecule has 0 fully saturated rings. The summed E-state index contributed by atoms with van der Waals surface area (Å²) in [6.45, 7) is 0. The predicted octanol–water partition coefficient (Wildman–Crippen LogP) is -0.447. The summed E-state index contributed by atoms with van der Waals surface area (Å²) in [4.78, 5) is 10.8. The van der Waals surface area contributed by atoms with Gasteiger partial charge in [0.2, 0.25) is 0 Å². The van der Waals surface area contributed by atoms with Gasteiger partial charge in [0, 0.05) is 6.08 Å². The van der Waals surface area contributed by atoms with Crippen LogP contribution in [0.5, 0.6) is 0 Å². The fourth-order valence-corrected chi connectivity index (χ4v) is 1.06. The number of methoxy groups -OCH3 is 1. The molecule has 0 amide bonds. The van der Waals surface area contributed by atoms with Gasteiger partial charge in [-0.3, -0.25) is 0 Å². The van der Waals surface area contributed by atoms with Crippen molar-refractivity contribution in [3.05, 3.63) is 35.9 Å². The number of rotatable bonds is 3. The summed E-state index contributed by atoms with van der Waals surface area (Å²) in [5.41, 5.74) is 1.08. The number of esters is 1. The van der Waals surface area contributed by atoms with Crippen LogP contribution in [-0.4, -0.2) is 30.2 Å². The van der Waals surface area contributed by atoms with Gasteiger partial charge in [0.15, 0.2) is 0 Å². The van der Waals surface area contributed by atoms with E-state index >= 15 is 0 Å². The molecule has 5 heteroatoms. The van der Waals surface area contributed by atoms with Gasteiger partial charge in [-0.15, -0.1) is 0 Å². The zero-order valence-corrected chi connectivity index (χ0v) is 8.25. The molecule has 0 saturated carbocycles. The average Bonchev–Trinajstić information content (AvgIpc) is 2.26. The number of carbonyl (C=O) groups is 1. The predicted molar refractivity (Wildman–Crippen MR) is 57.3 cm³/mol. The number of hydrogen-bond donors (Lipinski definition) is 2. The molecule has 0 unspecified atom stereocenters. The first-order valence-electron chi connectivity index (χ1n) is 4.35. The zero-order valence-electron chi connectivity index (χ0n) is 8.25. The molecule has 0 saturated heterocycles. The lowest BCUT2D eigenvalue weighted by Crippen LogP contribution is -2.29. The van der Waals surface area contributed by atoms with Gasteiger partial charge in [0.25, 0.3) is 0 Å². The van der Waals surface area contributed by atoms with Crippen molar-refractivity contribution in [2.75, 3.05) is 7.11 Å². The number of ether oxygens (including phenoxy) is 1. The maximum atomic E-state index is 10.8. The molecule has 0 aliphatic carbocycles. The van der Waals surface area contributed by atoms with E-state index in [-0.39, 0.29) is 0 Å². The van der Waals surface area contributed by atoms with E-state index in [9.17, 15) is 4.79 Å². The Balaban J connectivity index is 2.82. The van der Waals surface area contributed by atoms with Crippen molar-refractivity contribution in [2.45, 2.75) is 0 Å². The maximum Gasteiger partial charge on any atom is 0.488 e. The topological polar surface area (TPSA) is 66.8 Å². The summed E-state index contributed by atoms with van der Waals surface area (Å²) in [5, 5.41) is 17.8. The third-order valence-corrected chi connectivity index (χ3v) is 1.82. The van der Waals surface area contributed by atoms with Gasteiger partial charge < -0.3 is 14.8 Å². The monoisotopic (exact) mass is 206 g/mol. The van der Waals surface area contributed by atoms with Gasteiger partial charge in [-0.05, 0) is 17.1 Å². The van der Waals surface area contributed by atoms with Crippen molar-refractivity contribution in [3.63, 3.8) is 0 Å². The standard InChI is InChI=1S/C10H11BO4/c1-15-10(12)6-5-8-3-2-4-9(7-8)11(13)14/h2-7,13-14H,1H3/b6-5+. The second-order valence-electron chi connectivity index (χ2n) is 2.90. The zero-order chi connectivity index (χ0) is 11.3. The molecule has 0 spiro atoms. The Hall–Kier alpha value is -1.59. The molecule has 0 bridgehead atoms. The van der Waals surface area contributed by atoms with Crippen LogP contribution in [0.3, 0.4) is 0 Å². The summed E-state index contributed by atoms with van der Waals surface area (Å²) < 4.78 is 4.43. The highest BCUT2D eigenvalue weighted by Crippen LogP contribution is 2.00. The molecule has 78 valence electrons. The first kappa shape index (κ1) is 11.5. The lowest BCUT2D eigenvalue weighted by atomic mass is 9.79. The molecule has 2 N–H and O–H groups in total. The molecule has 0 aromatic heterocycles. The summed E-state index contributed by atoms with van der Waals surface area (Å²) in [6.07, 6.45) is 2.81. The van der Waals surface area contributed by atoms with E-state index in [4.69, 9.17) is 10.0 Å². The molecule has 15 heavy (non-hydrogen) atoms. The van der Waals surface area contributed by atoms with Crippen molar-refractivity contribution in [3.8, 4) is 0 Å². The minimum absolute atomic E-state index is 0.377. The Morgan fingerprint density at radius 1 is 1.47 bits per heavy atom. The molecule has 1 aromatic carbocycles. The van der Waals surface area contributed by atoms with Crippen LogP contribution in [-0.2, 0) is 9.53 Å². The number of benzene rings is 1. The summed E-state index contributed by atoms with van der Waals surface area (Å²) in [5.74, 6) is -0.454. The van der Waals surface area contributed by atoms with Crippen LogP contribution in [0.1, 0.15) is 5.56 Å². The number of carbonyl (C=O) groups excluding carboxylic acids is 1. The van der Waals surface area contributed by atoms with Crippen molar-refractivity contribution < 1.29 is 19.6 Å². The normalized spacial score (nSPS) is 10.3. The van der Waals surface area contributed by atoms with E-state index in [1.54, 1.807) is 24.3 Å². The Labute approximate surface area is 88.0 Å². The molecule has 0 radical (unpaired) electrons. The van der Waals surface area contributed by atoms with Gasteiger partial charge in [0.05, 0.1) is 7.11 Å². The molecule has 0 atom stereocenters. The van der Waals surface area contributed by atoms with Crippen LogP contribution in [0.4, 0.5) is 0 Å². The largest absolute Gasteiger partial charge is 0.488 e. The van der Waals surface area contributed by atoms with Crippen LogP contribution in [0, 0.1) is 0 Å². The fourth-order valence-electron chi connectivity index (χ4n) is 1.06. The van der Waals surface area contributed by atoms with Crippen LogP contribution in [0.2, 0.25) is 0 Å². The lowest BCUT2D eigenvalue weighted by molar-refractivity contribution is -0.134. The van der Waals surface area contributed by atoms with Gasteiger partial charge in [0.1, 0.15) is 0 Å². The molecule has 4 nitrogen and oxygen atoms in total. The van der Waals surface area contributed by atoms with E-state index in [2.05, 4.69) is 4.74 Å². The van der Waals surface area contributed by atoms with Gasteiger partial charge in [-0.1, -0.05) is 24.3 Å². The SMILES string of the molecule is COC(=O)/C=C/c1cccc(B(O)O)c1. The lowest BCUT2D eigenvalue weighted by Gasteiger charge is -1.99. The molecule has 1 rings (SSSR count). The van der Waals surface area contributed by atoms with Crippen LogP contribution in [0.15, 0.2) is 30.3 Å². The van der Waals surface area contributed by atoms with Crippen molar-refractivity contribution in [2.24, 2.45) is 0 Å². The minimum Gasteiger partial charge on any atom is -0.466 e. The quantitative estimate of drug-likeness (QED) is 0.399. The maximum absolute atomic E-state index is 10.8. The highest BCUT2D eigenvalue weighted by molar-refractivity contribution is 6.58. The highest BCUT2D eigenvalue weighted by atomic mass is 16.5. The Morgan fingerprint density at radius 2 is 2.20 bits per heavy atom. The van der Waals surface area contributed by atoms with Gasteiger partial charge >= 0.3 is 13.1 Å².